The first-order chi connectivity index (χ1) is 37.8. The molecule has 0 aliphatic carbocycles. The van der Waals surface area contributed by atoms with Gasteiger partial charge in [0.05, 0.1) is 38.6 Å². The smallest absolute Gasteiger partial charge is 0.220 e. The van der Waals surface area contributed by atoms with Gasteiger partial charge in [-0.3, -0.25) is 4.79 Å². The minimum atomic E-state index is -1.98. The van der Waals surface area contributed by atoms with Crippen molar-refractivity contribution in [2.45, 2.75) is 266 Å². The maximum Gasteiger partial charge on any atom is 0.220 e. The van der Waals surface area contributed by atoms with Crippen LogP contribution in [0, 0.1) is 0 Å². The summed E-state index contributed by atoms with van der Waals surface area (Å²) in [5.41, 5.74) is 0. The van der Waals surface area contributed by atoms with Crippen molar-refractivity contribution in [1.29, 1.82) is 0 Å². The maximum atomic E-state index is 13.3. The monoisotopic (exact) mass is 1110 g/mol. The van der Waals surface area contributed by atoms with Gasteiger partial charge in [0.1, 0.15) is 73.2 Å². The summed E-state index contributed by atoms with van der Waals surface area (Å²) in [6, 6.07) is -1.00. The van der Waals surface area contributed by atoms with Crippen molar-refractivity contribution in [3.8, 4) is 0 Å². The molecule has 0 bridgehead atoms. The van der Waals surface area contributed by atoms with E-state index in [1.807, 2.05) is 0 Å². The van der Waals surface area contributed by atoms with Gasteiger partial charge >= 0.3 is 0 Å². The van der Waals surface area contributed by atoms with E-state index in [1.165, 1.54) is 57.8 Å². The zero-order chi connectivity index (χ0) is 56.9. The van der Waals surface area contributed by atoms with E-state index in [0.717, 1.165) is 70.6 Å². The van der Waals surface area contributed by atoms with Gasteiger partial charge in [0.15, 0.2) is 18.9 Å². The molecule has 0 aromatic carbocycles. The molecule has 19 nitrogen and oxygen atoms in total. The summed E-state index contributed by atoms with van der Waals surface area (Å²) < 4.78 is 34.1. The second-order valence-electron chi connectivity index (χ2n) is 20.7. The van der Waals surface area contributed by atoms with Crippen LogP contribution >= 0.6 is 0 Å². The van der Waals surface area contributed by atoms with Crippen LogP contribution in [0.2, 0.25) is 0 Å². The number of rotatable bonds is 41. The fourth-order valence-electron chi connectivity index (χ4n) is 9.41. The fraction of sp³-hybridized carbons (Fsp3) is 0.780. The number of aliphatic hydroxyl groups is 11. The summed E-state index contributed by atoms with van der Waals surface area (Å²) in [5.74, 6) is -0.304. The van der Waals surface area contributed by atoms with Crippen LogP contribution in [-0.2, 0) is 33.2 Å². The Kier molecular flexibility index (Phi) is 37.5. The topological polar surface area (TPSA) is 307 Å². The van der Waals surface area contributed by atoms with Crippen LogP contribution in [0.1, 0.15) is 162 Å². The molecule has 0 saturated carbocycles. The number of nitrogens with one attached hydrogen (secondary N) is 1. The predicted octanol–water partition coefficient (Wildman–Crippen LogP) is 4.65. The Labute approximate surface area is 464 Å². The number of allylic oxidation sites excluding steroid dienone is 11. The molecule has 3 fully saturated rings. The number of carbonyl (C=O) groups excluding carboxylic acids is 1. The van der Waals surface area contributed by atoms with Gasteiger partial charge in [-0.25, -0.2) is 0 Å². The van der Waals surface area contributed by atoms with Crippen molar-refractivity contribution < 1.29 is 89.4 Å². The third kappa shape index (κ3) is 26.0. The number of aliphatic hydroxyl groups excluding tert-OH is 11. The molecule has 12 N–H and O–H groups in total. The molecule has 3 heterocycles. The van der Waals surface area contributed by atoms with Gasteiger partial charge in [0, 0.05) is 6.42 Å². The van der Waals surface area contributed by atoms with Crippen molar-refractivity contribution in [2.75, 3.05) is 26.4 Å². The lowest BCUT2D eigenvalue weighted by Crippen LogP contribution is -2.66. The largest absolute Gasteiger partial charge is 0.394 e. The predicted molar refractivity (Wildman–Crippen MR) is 295 cm³/mol. The number of amides is 1. The number of hydrogen-bond acceptors (Lipinski definition) is 18. The van der Waals surface area contributed by atoms with E-state index in [9.17, 15) is 61.0 Å². The molecule has 0 radical (unpaired) electrons. The highest BCUT2D eigenvalue weighted by molar-refractivity contribution is 5.76. The second kappa shape index (κ2) is 42.1. The lowest BCUT2D eigenvalue weighted by atomic mass is 9.96. The molecule has 3 saturated heterocycles. The van der Waals surface area contributed by atoms with E-state index in [2.05, 4.69) is 79.9 Å². The highest BCUT2D eigenvalue weighted by atomic mass is 16.8. The van der Waals surface area contributed by atoms with Crippen LogP contribution in [-0.4, -0.2) is 193 Å². The first-order valence-electron chi connectivity index (χ1n) is 29.2. The van der Waals surface area contributed by atoms with E-state index in [1.54, 1.807) is 12.2 Å². The number of unbranched alkanes of at least 4 members (excludes halogenated alkanes) is 15. The lowest BCUT2D eigenvalue weighted by molar-refractivity contribution is -0.379. The molecule has 78 heavy (non-hydrogen) atoms. The number of carbonyl (C=O) groups is 1. The van der Waals surface area contributed by atoms with Crippen molar-refractivity contribution in [1.82, 2.24) is 5.32 Å². The maximum absolute atomic E-state index is 13.3. The Balaban J connectivity index is 1.47. The van der Waals surface area contributed by atoms with Crippen molar-refractivity contribution >= 4 is 5.91 Å². The van der Waals surface area contributed by atoms with Crippen molar-refractivity contribution in [3.63, 3.8) is 0 Å². The second-order valence-corrected chi connectivity index (χ2v) is 20.7. The van der Waals surface area contributed by atoms with E-state index < -0.39 is 124 Å². The normalized spacial score (nSPS) is 31.0. The molecular weight excluding hydrogens is 1010 g/mol. The average molecular weight is 1110 g/mol. The Morgan fingerprint density at radius 2 is 0.897 bits per heavy atom. The van der Waals surface area contributed by atoms with E-state index >= 15 is 0 Å². The zero-order valence-electron chi connectivity index (χ0n) is 46.6. The van der Waals surface area contributed by atoms with Crippen molar-refractivity contribution in [3.05, 3.63) is 72.9 Å². The van der Waals surface area contributed by atoms with Gasteiger partial charge in [-0.05, 0) is 77.0 Å². The summed E-state index contributed by atoms with van der Waals surface area (Å²) in [6.07, 6.45) is 22.0. The van der Waals surface area contributed by atoms with Gasteiger partial charge in [0.25, 0.3) is 0 Å². The van der Waals surface area contributed by atoms with Crippen LogP contribution in [0.3, 0.4) is 0 Å². The van der Waals surface area contributed by atoms with Crippen LogP contribution in [0.5, 0.6) is 0 Å². The Morgan fingerprint density at radius 1 is 0.474 bits per heavy atom. The third-order valence-corrected chi connectivity index (χ3v) is 14.2. The van der Waals surface area contributed by atoms with E-state index in [-0.39, 0.29) is 18.9 Å². The summed E-state index contributed by atoms with van der Waals surface area (Å²) in [7, 11) is 0. The minimum Gasteiger partial charge on any atom is -0.394 e. The van der Waals surface area contributed by atoms with Crippen LogP contribution < -0.4 is 5.32 Å². The van der Waals surface area contributed by atoms with E-state index in [4.69, 9.17) is 28.4 Å². The fourth-order valence-corrected chi connectivity index (χ4v) is 9.41. The van der Waals surface area contributed by atoms with Gasteiger partial charge in [-0.2, -0.15) is 0 Å². The van der Waals surface area contributed by atoms with Crippen molar-refractivity contribution in [2.24, 2.45) is 0 Å². The average Bonchev–Trinajstić information content (AvgIpc) is 3.47. The molecule has 3 rings (SSSR count). The molecule has 0 aromatic heterocycles. The molecule has 1 amide bonds. The highest BCUT2D eigenvalue weighted by Crippen LogP contribution is 2.33. The molecule has 17 unspecified atom stereocenters. The molecule has 19 heteroatoms. The minimum absolute atomic E-state index is 0.219. The summed E-state index contributed by atoms with van der Waals surface area (Å²) >= 11 is 0. The Bertz CT molecular complexity index is 1710. The van der Waals surface area contributed by atoms with Gasteiger partial charge in [-0.15, -0.1) is 0 Å². The first-order valence-corrected chi connectivity index (χ1v) is 29.2. The molecule has 450 valence electrons. The van der Waals surface area contributed by atoms with E-state index in [0.29, 0.717) is 12.8 Å². The Morgan fingerprint density at radius 3 is 1.42 bits per heavy atom. The molecule has 0 aromatic rings. The zero-order valence-corrected chi connectivity index (χ0v) is 46.6. The van der Waals surface area contributed by atoms with Gasteiger partial charge in [-0.1, -0.05) is 151 Å². The number of hydrogen-bond donors (Lipinski definition) is 12. The molecule has 0 spiro atoms. The van der Waals surface area contributed by atoms with Crippen LogP contribution in [0.4, 0.5) is 0 Å². The molecule has 3 aliphatic rings. The van der Waals surface area contributed by atoms with Gasteiger partial charge in [0.2, 0.25) is 5.91 Å². The first kappa shape index (κ1) is 69.5. The molecule has 3 aliphatic heterocycles. The van der Waals surface area contributed by atoms with Crippen LogP contribution in [0.25, 0.3) is 0 Å². The summed E-state index contributed by atoms with van der Waals surface area (Å²) in [4.78, 5) is 13.3. The Hall–Kier alpha value is -2.77. The van der Waals surface area contributed by atoms with Gasteiger partial charge < -0.3 is 89.9 Å². The third-order valence-electron chi connectivity index (χ3n) is 14.2. The lowest BCUT2D eigenvalue weighted by Gasteiger charge is -2.48. The molecular formula is C59H101NO18. The molecule has 17 atom stereocenters. The number of ether oxygens (including phenoxy) is 6. The summed E-state index contributed by atoms with van der Waals surface area (Å²) in [6.45, 7) is 1.52. The standard InChI is InChI=1S/C59H101NO18/c1-3-5-7-9-11-13-15-16-17-18-19-20-21-22-23-24-25-26-27-29-31-33-35-37-47(65)60-42(43(64)36-34-32-30-28-14-12-10-8-6-4-2)41-73-57-53(71)50(68)55(45(39-62)75-57)78-59-54(72)51(69)56(46(40-63)76-59)77-58-52(70)49(67)48(66)44(38-61)74-58/h6,8,14-16,18-19,21-22,28,34,36,42-46,48-59,61-64,66-72H,3-5,7,9-13,17,20,23-27,29-33,35,37-41H2,1-2H3,(H,60,65)/b8-6+,16-15-,19-18-,22-21-,28-14+,36-34+. The SMILES string of the molecule is CC/C=C/CC/C=C/CC/C=C/C(O)C(COC1OC(CO)C(OC2OC(CO)C(OC3OC(CO)C(O)C(O)C3O)C(O)C2O)C(O)C1O)NC(=O)CCCCCCCCCC/C=C\C/C=C\C/C=C\CCCCCCC. The quantitative estimate of drug-likeness (QED) is 0.0293. The highest BCUT2D eigenvalue weighted by Gasteiger charge is 2.53. The summed E-state index contributed by atoms with van der Waals surface area (Å²) in [5, 5.41) is 120. The van der Waals surface area contributed by atoms with Crippen LogP contribution in [0.15, 0.2) is 72.9 Å².